The van der Waals surface area contributed by atoms with Crippen molar-refractivity contribution in [1.82, 2.24) is 4.31 Å². The molecule has 1 amide bonds. The summed E-state index contributed by atoms with van der Waals surface area (Å²) < 4.78 is 27.9. The summed E-state index contributed by atoms with van der Waals surface area (Å²) in [6.07, 6.45) is 2.72. The van der Waals surface area contributed by atoms with E-state index in [2.05, 4.69) is 6.58 Å². The van der Waals surface area contributed by atoms with E-state index < -0.39 is 10.0 Å². The third kappa shape index (κ3) is 4.40. The number of hydrogen-bond acceptors (Lipinski definition) is 3. The minimum absolute atomic E-state index is 0.0221. The molecule has 1 heterocycles. The van der Waals surface area contributed by atoms with E-state index in [-0.39, 0.29) is 11.8 Å². The molecule has 0 atom stereocenters. The fraction of sp³-hybridized carbons (Fsp3) is 0.240. The van der Waals surface area contributed by atoms with Crippen LogP contribution >= 0.6 is 0 Å². The number of carbonyl (C=O) groups excluding carboxylic acids is 1. The maximum atomic E-state index is 13.2. The van der Waals surface area contributed by atoms with Crippen molar-refractivity contribution in [3.63, 3.8) is 0 Å². The lowest BCUT2D eigenvalue weighted by Crippen LogP contribution is -2.44. The van der Waals surface area contributed by atoms with Gasteiger partial charge in [-0.3, -0.25) is 4.79 Å². The van der Waals surface area contributed by atoms with Crippen molar-refractivity contribution < 1.29 is 13.2 Å². The number of rotatable bonds is 6. The van der Waals surface area contributed by atoms with Gasteiger partial charge in [0.05, 0.1) is 4.90 Å². The molecule has 1 aliphatic rings. The summed E-state index contributed by atoms with van der Waals surface area (Å²) in [6, 6.07) is 22.5. The normalized spacial score (nSPS) is 15.6. The number of fused-ring (bicyclic) bond motifs is 1. The highest BCUT2D eigenvalue weighted by Gasteiger charge is 2.34. The molecule has 1 aliphatic heterocycles. The number of carbonyl (C=O) groups is 1. The molecule has 0 spiro atoms. The lowest BCUT2D eigenvalue weighted by Gasteiger charge is -2.33. The van der Waals surface area contributed by atoms with Crippen LogP contribution in [0.3, 0.4) is 0 Å². The van der Waals surface area contributed by atoms with Gasteiger partial charge in [-0.05, 0) is 47.9 Å². The summed E-state index contributed by atoms with van der Waals surface area (Å²) in [5, 5.41) is 1.91. The Bertz CT molecular complexity index is 1180. The average Bonchev–Trinajstić information content (AvgIpc) is 2.82. The van der Waals surface area contributed by atoms with Crippen LogP contribution in [0.2, 0.25) is 0 Å². The maximum absolute atomic E-state index is 13.2. The van der Waals surface area contributed by atoms with Gasteiger partial charge in [0.1, 0.15) is 0 Å². The highest BCUT2D eigenvalue weighted by atomic mass is 32.2. The summed E-state index contributed by atoms with van der Waals surface area (Å²) in [6.45, 7) is 4.87. The fourth-order valence-electron chi connectivity index (χ4n) is 4.10. The Morgan fingerprint density at radius 2 is 1.61 bits per heavy atom. The fourth-order valence-corrected chi connectivity index (χ4v) is 5.61. The predicted octanol–water partition coefficient (Wildman–Crippen LogP) is 4.46. The van der Waals surface area contributed by atoms with Gasteiger partial charge in [0.25, 0.3) is 0 Å². The van der Waals surface area contributed by atoms with Gasteiger partial charge in [-0.1, -0.05) is 54.6 Å². The Hall–Kier alpha value is -2.96. The monoisotopic (exact) mass is 434 g/mol. The first kappa shape index (κ1) is 21.3. The molecule has 1 saturated heterocycles. The molecule has 0 N–H and O–H groups in total. The van der Waals surface area contributed by atoms with Gasteiger partial charge < -0.3 is 4.90 Å². The van der Waals surface area contributed by atoms with Crippen molar-refractivity contribution in [2.24, 2.45) is 5.92 Å². The molecule has 0 bridgehead atoms. The summed E-state index contributed by atoms with van der Waals surface area (Å²) in [5.41, 5.74) is 0.832. The molecule has 3 aromatic rings. The van der Waals surface area contributed by atoms with E-state index in [0.29, 0.717) is 37.4 Å². The molecular formula is C25H26N2O3S. The Morgan fingerprint density at radius 3 is 2.29 bits per heavy atom. The molecule has 160 valence electrons. The van der Waals surface area contributed by atoms with Gasteiger partial charge >= 0.3 is 0 Å². The smallest absolute Gasteiger partial charge is 0.243 e. The molecule has 0 saturated carbocycles. The second-order valence-corrected chi connectivity index (χ2v) is 9.70. The molecule has 6 heteroatoms. The number of benzene rings is 3. The second kappa shape index (κ2) is 9.04. The average molecular weight is 435 g/mol. The number of anilines is 1. The largest absolute Gasteiger partial charge is 0.308 e. The first-order valence-corrected chi connectivity index (χ1v) is 11.9. The van der Waals surface area contributed by atoms with Crippen molar-refractivity contribution in [1.29, 1.82) is 0 Å². The molecule has 1 fully saturated rings. The van der Waals surface area contributed by atoms with Crippen molar-refractivity contribution in [2.45, 2.75) is 17.7 Å². The van der Waals surface area contributed by atoms with Crippen LogP contribution in [0.15, 0.2) is 90.3 Å². The van der Waals surface area contributed by atoms with E-state index in [0.717, 1.165) is 16.5 Å². The van der Waals surface area contributed by atoms with E-state index in [1.165, 1.54) is 4.31 Å². The van der Waals surface area contributed by atoms with E-state index in [1.54, 1.807) is 23.1 Å². The number of para-hydroxylation sites is 1. The molecular weight excluding hydrogens is 408 g/mol. The van der Waals surface area contributed by atoms with E-state index in [4.69, 9.17) is 0 Å². The van der Waals surface area contributed by atoms with Crippen molar-refractivity contribution in [3.05, 3.63) is 85.5 Å². The maximum Gasteiger partial charge on any atom is 0.243 e. The first-order valence-electron chi connectivity index (χ1n) is 10.5. The van der Waals surface area contributed by atoms with Crippen LogP contribution in [0.4, 0.5) is 5.69 Å². The molecule has 3 aromatic carbocycles. The lowest BCUT2D eigenvalue weighted by atomic mass is 9.96. The topological polar surface area (TPSA) is 57.7 Å². The third-order valence-corrected chi connectivity index (χ3v) is 7.70. The van der Waals surface area contributed by atoms with Gasteiger partial charge in [-0.25, -0.2) is 8.42 Å². The van der Waals surface area contributed by atoms with E-state index in [1.807, 2.05) is 60.7 Å². The zero-order valence-electron chi connectivity index (χ0n) is 17.4. The predicted molar refractivity (Wildman–Crippen MR) is 124 cm³/mol. The number of sulfonamides is 1. The van der Waals surface area contributed by atoms with Crippen LogP contribution in [0, 0.1) is 5.92 Å². The van der Waals surface area contributed by atoms with Crippen LogP contribution in [-0.2, 0) is 14.8 Å². The number of amides is 1. The first-order chi connectivity index (χ1) is 15.0. The van der Waals surface area contributed by atoms with Gasteiger partial charge in [0.2, 0.25) is 15.9 Å². The van der Waals surface area contributed by atoms with Crippen LogP contribution in [0.5, 0.6) is 0 Å². The minimum Gasteiger partial charge on any atom is -0.308 e. The quantitative estimate of drug-likeness (QED) is 0.538. The Morgan fingerprint density at radius 1 is 0.968 bits per heavy atom. The molecule has 0 unspecified atom stereocenters. The SMILES string of the molecule is C=CCN(C(=O)C1CCN(S(=O)(=O)c2ccc3ccccc3c2)CC1)c1ccccc1. The summed E-state index contributed by atoms with van der Waals surface area (Å²) >= 11 is 0. The zero-order chi connectivity index (χ0) is 21.8. The Labute approximate surface area is 183 Å². The number of nitrogens with zero attached hydrogens (tertiary/aromatic N) is 2. The number of hydrogen-bond donors (Lipinski definition) is 0. The van der Waals surface area contributed by atoms with Crippen molar-refractivity contribution >= 4 is 32.4 Å². The molecule has 0 aliphatic carbocycles. The van der Waals surface area contributed by atoms with Crippen molar-refractivity contribution in [3.8, 4) is 0 Å². The number of piperidine rings is 1. The Balaban J connectivity index is 1.48. The summed E-state index contributed by atoms with van der Waals surface area (Å²) in [7, 11) is -3.59. The van der Waals surface area contributed by atoms with Crippen LogP contribution < -0.4 is 4.90 Å². The van der Waals surface area contributed by atoms with Gasteiger partial charge in [-0.15, -0.1) is 6.58 Å². The molecule has 4 rings (SSSR count). The van der Waals surface area contributed by atoms with Crippen molar-refractivity contribution in [2.75, 3.05) is 24.5 Å². The third-order valence-electron chi connectivity index (χ3n) is 5.81. The second-order valence-electron chi connectivity index (χ2n) is 7.76. The van der Waals surface area contributed by atoms with Gasteiger partial charge in [0, 0.05) is 31.2 Å². The minimum atomic E-state index is -3.59. The van der Waals surface area contributed by atoms with Gasteiger partial charge in [0.15, 0.2) is 0 Å². The zero-order valence-corrected chi connectivity index (χ0v) is 18.2. The lowest BCUT2D eigenvalue weighted by molar-refractivity contribution is -0.123. The highest BCUT2D eigenvalue weighted by Crippen LogP contribution is 2.28. The molecule has 0 aromatic heterocycles. The van der Waals surface area contributed by atoms with Crippen LogP contribution in [0.25, 0.3) is 10.8 Å². The highest BCUT2D eigenvalue weighted by molar-refractivity contribution is 7.89. The van der Waals surface area contributed by atoms with Crippen LogP contribution in [-0.4, -0.2) is 38.3 Å². The molecule has 5 nitrogen and oxygen atoms in total. The van der Waals surface area contributed by atoms with E-state index in [9.17, 15) is 13.2 Å². The van der Waals surface area contributed by atoms with E-state index >= 15 is 0 Å². The molecule has 0 radical (unpaired) electrons. The standard InChI is InChI=1S/C25H26N2O3S/c1-2-16-27(23-10-4-3-5-11-23)25(28)21-14-17-26(18-15-21)31(29,30)24-13-12-20-8-6-7-9-22(20)19-24/h2-13,19,21H,1,14-18H2. The Kier molecular flexibility index (Phi) is 6.20. The summed E-state index contributed by atoms with van der Waals surface area (Å²) in [5.74, 6) is -0.183. The summed E-state index contributed by atoms with van der Waals surface area (Å²) in [4.78, 5) is 15.2. The van der Waals surface area contributed by atoms with Gasteiger partial charge in [-0.2, -0.15) is 4.31 Å². The van der Waals surface area contributed by atoms with Crippen LogP contribution in [0.1, 0.15) is 12.8 Å². The molecule has 31 heavy (non-hydrogen) atoms.